The topological polar surface area (TPSA) is 175 Å². The number of fused-ring (bicyclic) bond motifs is 1. The number of hydrogen-bond donors (Lipinski definition) is 3. The summed E-state index contributed by atoms with van der Waals surface area (Å²) in [6, 6.07) is 3.37. The first-order valence-corrected chi connectivity index (χ1v) is 15.3. The normalized spacial score (nSPS) is 18.4. The number of carbonyl (C=O) groups excluding carboxylic acids is 7. The van der Waals surface area contributed by atoms with Crippen LogP contribution in [0.2, 0.25) is 0 Å². The molecule has 1 aromatic rings. The number of nitrogens with zero attached hydrogens (tertiary/aromatic N) is 3. The molecule has 0 aromatic heterocycles. The third kappa shape index (κ3) is 8.75. The van der Waals surface area contributed by atoms with E-state index in [9.17, 15) is 33.6 Å². The number of unbranched alkanes of at least 4 members (excludes halogenated alkanes) is 2. The Bertz CT molecular complexity index is 1340. The summed E-state index contributed by atoms with van der Waals surface area (Å²) in [6.07, 6.45) is 4.77. The van der Waals surface area contributed by atoms with Gasteiger partial charge < -0.3 is 20.3 Å². The molecule has 4 rings (SSSR count). The van der Waals surface area contributed by atoms with Gasteiger partial charge in [-0.1, -0.05) is 19.1 Å². The highest BCUT2D eigenvalue weighted by molar-refractivity contribution is 6.24. The molecule has 3 aliphatic heterocycles. The minimum absolute atomic E-state index is 0.0136. The molecular weight excluding hydrogens is 584 g/mol. The molecule has 2 saturated heterocycles. The smallest absolute Gasteiger partial charge is 0.266 e. The number of piperidine rings is 1. The van der Waals surface area contributed by atoms with Crippen molar-refractivity contribution in [2.24, 2.45) is 0 Å². The third-order valence-corrected chi connectivity index (χ3v) is 8.04. The van der Waals surface area contributed by atoms with Crippen LogP contribution in [-0.4, -0.2) is 115 Å². The average molecular weight is 625 g/mol. The van der Waals surface area contributed by atoms with Gasteiger partial charge in [0.25, 0.3) is 17.7 Å². The van der Waals surface area contributed by atoms with Crippen molar-refractivity contribution in [1.29, 1.82) is 0 Å². The van der Waals surface area contributed by atoms with Crippen molar-refractivity contribution < 1.29 is 38.3 Å². The number of ether oxygens (including phenoxy) is 1. The standard InChI is InChI=1S/C31H40N6O8/c1-2-24(38)32-14-7-15-35-16-18-36(19-17-35)27(41)10-4-3-5-13-33-26(40)20-45-23-9-6-8-21-28(23)31(44)37(30(21)43)22-11-12-25(39)34-29(22)42/h2,6,8-9,22H,1,3-5,7,10-20H2,(H,32,38)(H,33,40)(H,34,39,42). The van der Waals surface area contributed by atoms with E-state index in [0.29, 0.717) is 45.4 Å². The second kappa shape index (κ2) is 15.9. The summed E-state index contributed by atoms with van der Waals surface area (Å²) < 4.78 is 5.59. The van der Waals surface area contributed by atoms with Crippen LogP contribution in [0, 0.1) is 0 Å². The van der Waals surface area contributed by atoms with E-state index >= 15 is 0 Å². The van der Waals surface area contributed by atoms with Gasteiger partial charge in [-0.05, 0) is 50.4 Å². The molecule has 1 aromatic carbocycles. The summed E-state index contributed by atoms with van der Waals surface area (Å²) in [5, 5.41) is 7.67. The predicted molar refractivity (Wildman–Crippen MR) is 161 cm³/mol. The fourth-order valence-corrected chi connectivity index (χ4v) is 5.57. The highest BCUT2D eigenvalue weighted by Gasteiger charge is 2.46. The van der Waals surface area contributed by atoms with Crippen LogP contribution in [0.4, 0.5) is 0 Å². The lowest BCUT2D eigenvalue weighted by molar-refractivity contribution is -0.136. The van der Waals surface area contributed by atoms with Crippen LogP contribution in [0.25, 0.3) is 0 Å². The molecule has 7 amide bonds. The van der Waals surface area contributed by atoms with E-state index < -0.39 is 35.6 Å². The number of piperazine rings is 1. The largest absolute Gasteiger partial charge is 0.483 e. The highest BCUT2D eigenvalue weighted by Crippen LogP contribution is 2.33. The molecular formula is C31H40N6O8. The molecule has 3 aliphatic rings. The van der Waals surface area contributed by atoms with Gasteiger partial charge in [-0.25, -0.2) is 0 Å². The monoisotopic (exact) mass is 624 g/mol. The van der Waals surface area contributed by atoms with Crippen molar-refractivity contribution in [2.45, 2.75) is 51.0 Å². The lowest BCUT2D eigenvalue weighted by Gasteiger charge is -2.34. The predicted octanol–water partition coefficient (Wildman–Crippen LogP) is -0.0203. The molecule has 242 valence electrons. The van der Waals surface area contributed by atoms with Crippen LogP contribution in [0.15, 0.2) is 30.9 Å². The van der Waals surface area contributed by atoms with Crippen LogP contribution < -0.4 is 20.7 Å². The van der Waals surface area contributed by atoms with Gasteiger partial charge >= 0.3 is 0 Å². The second-order valence-corrected chi connectivity index (χ2v) is 11.1. The fraction of sp³-hybridized carbons (Fsp3) is 0.516. The van der Waals surface area contributed by atoms with Crippen LogP contribution >= 0.6 is 0 Å². The average Bonchev–Trinajstić information content (AvgIpc) is 3.29. The number of rotatable bonds is 15. The molecule has 45 heavy (non-hydrogen) atoms. The van der Waals surface area contributed by atoms with Crippen molar-refractivity contribution in [3.8, 4) is 5.75 Å². The van der Waals surface area contributed by atoms with Crippen molar-refractivity contribution in [2.75, 3.05) is 52.4 Å². The Hall–Kier alpha value is -4.59. The van der Waals surface area contributed by atoms with E-state index in [-0.39, 0.29) is 48.1 Å². The second-order valence-electron chi connectivity index (χ2n) is 11.1. The van der Waals surface area contributed by atoms with Gasteiger partial charge in [0.05, 0.1) is 11.1 Å². The molecule has 3 heterocycles. The van der Waals surface area contributed by atoms with Gasteiger partial charge in [0.2, 0.25) is 23.6 Å². The van der Waals surface area contributed by atoms with Gasteiger partial charge in [-0.3, -0.25) is 48.7 Å². The molecule has 0 bridgehead atoms. The number of nitrogens with one attached hydrogen (secondary N) is 3. The van der Waals surface area contributed by atoms with Crippen LogP contribution in [0.5, 0.6) is 5.75 Å². The summed E-state index contributed by atoms with van der Waals surface area (Å²) in [5.41, 5.74) is 0.0607. The molecule has 0 saturated carbocycles. The van der Waals surface area contributed by atoms with Crippen molar-refractivity contribution in [1.82, 2.24) is 30.7 Å². The van der Waals surface area contributed by atoms with Crippen LogP contribution in [0.1, 0.15) is 65.7 Å². The molecule has 0 radical (unpaired) electrons. The fourth-order valence-electron chi connectivity index (χ4n) is 5.57. The maximum absolute atomic E-state index is 13.1. The lowest BCUT2D eigenvalue weighted by Crippen LogP contribution is -2.54. The zero-order valence-corrected chi connectivity index (χ0v) is 25.3. The van der Waals surface area contributed by atoms with E-state index in [1.54, 1.807) is 0 Å². The number of hydrogen-bond acceptors (Lipinski definition) is 9. The summed E-state index contributed by atoms with van der Waals surface area (Å²) in [4.78, 5) is 91.0. The van der Waals surface area contributed by atoms with E-state index in [1.165, 1.54) is 24.3 Å². The minimum Gasteiger partial charge on any atom is -0.483 e. The molecule has 3 N–H and O–H groups in total. The molecule has 1 unspecified atom stereocenters. The summed E-state index contributed by atoms with van der Waals surface area (Å²) in [7, 11) is 0. The Kier molecular flexibility index (Phi) is 11.8. The van der Waals surface area contributed by atoms with E-state index in [2.05, 4.69) is 27.4 Å². The zero-order chi connectivity index (χ0) is 32.3. The number of amides is 7. The van der Waals surface area contributed by atoms with Gasteiger partial charge in [0, 0.05) is 52.1 Å². The summed E-state index contributed by atoms with van der Waals surface area (Å²) in [5.74, 6) is -2.89. The maximum atomic E-state index is 13.1. The Morgan fingerprint density at radius 3 is 2.44 bits per heavy atom. The summed E-state index contributed by atoms with van der Waals surface area (Å²) >= 11 is 0. The molecule has 1 atom stereocenters. The maximum Gasteiger partial charge on any atom is 0.266 e. The molecule has 0 spiro atoms. The Labute approximate surface area is 261 Å². The summed E-state index contributed by atoms with van der Waals surface area (Å²) in [6.45, 7) is 7.91. The van der Waals surface area contributed by atoms with Crippen molar-refractivity contribution in [3.05, 3.63) is 42.0 Å². The lowest BCUT2D eigenvalue weighted by atomic mass is 10.0. The van der Waals surface area contributed by atoms with Gasteiger partial charge in [-0.2, -0.15) is 0 Å². The first kappa shape index (κ1) is 33.3. The van der Waals surface area contributed by atoms with Crippen molar-refractivity contribution >= 4 is 41.4 Å². The SMILES string of the molecule is C=CC(=O)NCCCN1CCN(C(=O)CCCCCNC(=O)COc2cccc3c2C(=O)N(C2CCC(=O)NC2=O)C3=O)CC1. The van der Waals surface area contributed by atoms with Gasteiger partial charge in [0.1, 0.15) is 11.8 Å². The zero-order valence-electron chi connectivity index (χ0n) is 25.3. The Balaban J connectivity index is 1.10. The number of carbonyl (C=O) groups is 7. The van der Waals surface area contributed by atoms with Crippen LogP contribution in [-0.2, 0) is 24.0 Å². The minimum atomic E-state index is -1.09. The van der Waals surface area contributed by atoms with E-state index in [1.807, 2.05) is 4.90 Å². The molecule has 14 heteroatoms. The van der Waals surface area contributed by atoms with Gasteiger partial charge in [-0.15, -0.1) is 0 Å². The van der Waals surface area contributed by atoms with E-state index in [0.717, 1.165) is 37.4 Å². The van der Waals surface area contributed by atoms with Gasteiger partial charge in [0.15, 0.2) is 6.61 Å². The highest BCUT2D eigenvalue weighted by atomic mass is 16.5. The van der Waals surface area contributed by atoms with Crippen LogP contribution in [0.3, 0.4) is 0 Å². The first-order valence-electron chi connectivity index (χ1n) is 15.3. The number of benzene rings is 1. The third-order valence-electron chi connectivity index (χ3n) is 8.04. The molecule has 2 fully saturated rings. The molecule has 14 nitrogen and oxygen atoms in total. The quantitative estimate of drug-likeness (QED) is 0.138. The first-order chi connectivity index (χ1) is 21.7. The van der Waals surface area contributed by atoms with Crippen molar-refractivity contribution in [3.63, 3.8) is 0 Å². The Morgan fingerprint density at radius 1 is 0.956 bits per heavy atom. The Morgan fingerprint density at radius 2 is 1.71 bits per heavy atom. The number of imide groups is 2. The van der Waals surface area contributed by atoms with E-state index in [4.69, 9.17) is 4.74 Å². The molecule has 0 aliphatic carbocycles.